The van der Waals surface area contributed by atoms with Crippen LogP contribution in [0.1, 0.15) is 51.4 Å². The number of aromatic amines is 2. The Labute approximate surface area is 501 Å². The molecule has 9 rings (SSSR count). The van der Waals surface area contributed by atoms with E-state index in [2.05, 4.69) is 32.9 Å². The van der Waals surface area contributed by atoms with E-state index in [1.807, 2.05) is 0 Å². The first-order valence-corrected chi connectivity index (χ1v) is 28.5. The van der Waals surface area contributed by atoms with E-state index >= 15 is 0 Å². The molecule has 0 aliphatic carbocycles. The number of H-pyrrole nitrogens is 2. The number of hydrogen-bond acceptors (Lipinski definition) is 22. The van der Waals surface area contributed by atoms with Crippen molar-refractivity contribution in [3.8, 4) is 91.3 Å². The van der Waals surface area contributed by atoms with E-state index < -0.39 is 23.9 Å². The van der Waals surface area contributed by atoms with Gasteiger partial charge < -0.3 is 70.8 Å². The van der Waals surface area contributed by atoms with Gasteiger partial charge in [0.05, 0.1) is 25.7 Å². The minimum Gasteiger partial charge on any atom is -0.490 e. The molecule has 3 aliphatic heterocycles. The summed E-state index contributed by atoms with van der Waals surface area (Å²) in [6.45, 7) is -0.0629. The summed E-state index contributed by atoms with van der Waals surface area (Å²) in [5.74, 6) is 0.261. The van der Waals surface area contributed by atoms with E-state index in [1.54, 1.807) is 72.8 Å². The standard InChI is InChI=1S/C60H62N12O16/c61-29-33(73)1-13-49(77)85-21-17-81-37-5-9-41-45(25-37)57-65-53(41)70-58-47-27-39(83-19-23-87-51(79)15-3-35(75)31-63)7-11-43(47)55(67-58)72-60-48-28-40(84-20-24-88-52(80)16-4-36(76)32-64)8-12-44(48)56(68-60)71-59-46-26-38(6-10-42(46)54(66-59)69-57)82-18-22-86-50(78)14-2-34(74)30-62/h5-12,25-28H,1-4,13-24,29-32,61-64H2,(H2,65,66,67,68,69,70,71,72)/p+4. The SMILES string of the molecule is [NH3+]CC(=O)CCC(=O)OCCOc1ccc2c(c1)-c1nc3nc(nc4[nH]c([nH]c5nc(nc-2n1)-c1cc(OCCOC(=O)CCC(=O)C[NH3+])ccc1-5)c1cc(OCCOC(=O)CCC(=O)C[NH3+])ccc41)-c1cc(OCCOC(=O)CCC(=O)C[NH3+])ccc1-3. The number of rotatable bonds is 32. The Kier molecular flexibility index (Phi) is 21.1. The third kappa shape index (κ3) is 16.2. The van der Waals surface area contributed by atoms with E-state index in [9.17, 15) is 38.4 Å². The van der Waals surface area contributed by atoms with Crippen molar-refractivity contribution in [3.05, 3.63) is 72.8 Å². The topological polar surface area (TPSA) is 430 Å². The van der Waals surface area contributed by atoms with Crippen molar-refractivity contribution < 1.29 is 99.2 Å². The predicted octanol–water partition coefficient (Wildman–Crippen LogP) is 0.825. The van der Waals surface area contributed by atoms with Gasteiger partial charge in [0, 0.05) is 69.8 Å². The van der Waals surface area contributed by atoms with Gasteiger partial charge in [0.15, 0.2) is 52.3 Å². The van der Waals surface area contributed by atoms with Gasteiger partial charge in [-0.15, -0.1) is 0 Å². The average molecular weight is 1210 g/mol. The van der Waals surface area contributed by atoms with Gasteiger partial charge in [-0.1, -0.05) is 0 Å². The van der Waals surface area contributed by atoms with E-state index in [-0.39, 0.29) is 183 Å². The molecule has 4 aromatic carbocycles. The van der Waals surface area contributed by atoms with Crippen LogP contribution >= 0.6 is 0 Å². The van der Waals surface area contributed by atoms with Gasteiger partial charge in [-0.2, -0.15) is 0 Å². The second kappa shape index (κ2) is 29.8. The molecule has 28 nitrogen and oxygen atoms in total. The molecule has 14 N–H and O–H groups in total. The molecule has 5 heterocycles. The van der Waals surface area contributed by atoms with E-state index in [4.69, 9.17) is 67.8 Å². The lowest BCUT2D eigenvalue weighted by Gasteiger charge is -2.09. The third-order valence-corrected chi connectivity index (χ3v) is 13.7. The number of quaternary nitrogens is 4. The van der Waals surface area contributed by atoms with Crippen LogP contribution in [0, 0.1) is 0 Å². The summed E-state index contributed by atoms with van der Waals surface area (Å²) >= 11 is 0. The summed E-state index contributed by atoms with van der Waals surface area (Å²) in [5.41, 5.74) is 18.3. The van der Waals surface area contributed by atoms with Gasteiger partial charge >= 0.3 is 23.9 Å². The number of ketones is 4. The smallest absolute Gasteiger partial charge is 0.306 e. The van der Waals surface area contributed by atoms with Crippen LogP contribution in [-0.4, -0.2) is 166 Å². The lowest BCUT2D eigenvalue weighted by molar-refractivity contribution is -0.354. The second-order valence-electron chi connectivity index (χ2n) is 19.9. The molecule has 2 aromatic heterocycles. The zero-order chi connectivity index (χ0) is 62.1. The highest BCUT2D eigenvalue weighted by Crippen LogP contribution is 2.42. The first kappa shape index (κ1) is 62.4. The molecule has 0 spiro atoms. The van der Waals surface area contributed by atoms with Crippen molar-refractivity contribution in [1.29, 1.82) is 0 Å². The summed E-state index contributed by atoms with van der Waals surface area (Å²) in [6, 6.07) is 21.0. The number of Topliss-reactive ketones (excluding diaryl/α,β-unsaturated/α-hetero) is 4. The molecule has 0 saturated heterocycles. The van der Waals surface area contributed by atoms with Crippen molar-refractivity contribution in [1.82, 2.24) is 39.9 Å². The van der Waals surface area contributed by atoms with Gasteiger partial charge in [0.2, 0.25) is 0 Å². The van der Waals surface area contributed by atoms with Crippen LogP contribution in [-0.2, 0) is 57.3 Å². The molecular weight excluding hydrogens is 1140 g/mol. The third-order valence-electron chi connectivity index (χ3n) is 13.7. The van der Waals surface area contributed by atoms with Crippen LogP contribution < -0.4 is 41.9 Å². The molecule has 3 aliphatic rings. The lowest BCUT2D eigenvalue weighted by atomic mass is 10.1. The molecule has 0 unspecified atom stereocenters. The van der Waals surface area contributed by atoms with Crippen molar-refractivity contribution in [2.24, 2.45) is 0 Å². The maximum absolute atomic E-state index is 12.4. The molecule has 28 heteroatoms. The van der Waals surface area contributed by atoms with Crippen LogP contribution in [0.3, 0.4) is 0 Å². The Morgan fingerprint density at radius 1 is 0.330 bits per heavy atom. The molecule has 88 heavy (non-hydrogen) atoms. The minimum absolute atomic E-state index is 0.00389. The Balaban J connectivity index is 1.12. The van der Waals surface area contributed by atoms with Gasteiger partial charge in [-0.05, 0) is 72.8 Å². The molecular formula is C60H66N12O16+4. The Morgan fingerprint density at radius 2 is 0.659 bits per heavy atom. The maximum Gasteiger partial charge on any atom is 0.306 e. The normalized spacial score (nSPS) is 11.3. The first-order chi connectivity index (χ1) is 42.7. The number of ether oxygens (including phenoxy) is 8. The van der Waals surface area contributed by atoms with Gasteiger partial charge in [0.25, 0.3) is 0 Å². The summed E-state index contributed by atoms with van der Waals surface area (Å²) in [5, 5.41) is 1.22. The van der Waals surface area contributed by atoms with Crippen LogP contribution in [0.25, 0.3) is 90.4 Å². The summed E-state index contributed by atoms with van der Waals surface area (Å²) < 4.78 is 45.6. The van der Waals surface area contributed by atoms with E-state index in [0.717, 1.165) is 0 Å². The van der Waals surface area contributed by atoms with Gasteiger partial charge in [-0.25, -0.2) is 29.9 Å². The van der Waals surface area contributed by atoms with Crippen LogP contribution in [0.2, 0.25) is 0 Å². The molecule has 0 fully saturated rings. The molecule has 0 atom stereocenters. The van der Waals surface area contributed by atoms with Crippen LogP contribution in [0.5, 0.6) is 23.0 Å². The Bertz CT molecular complexity index is 3880. The Morgan fingerprint density at radius 3 is 1.06 bits per heavy atom. The fourth-order valence-corrected chi connectivity index (χ4v) is 9.09. The quantitative estimate of drug-likeness (QED) is 0.0193. The molecule has 0 amide bonds. The molecule has 458 valence electrons. The molecule has 0 saturated carbocycles. The van der Waals surface area contributed by atoms with Crippen molar-refractivity contribution in [2.75, 3.05) is 79.0 Å². The average Bonchev–Trinajstić information content (AvgIpc) is 3.34. The van der Waals surface area contributed by atoms with E-state index in [1.165, 1.54) is 0 Å². The number of nitrogens with zero attached hydrogens (tertiary/aromatic N) is 6. The van der Waals surface area contributed by atoms with Gasteiger partial charge in [0.1, 0.15) is 119 Å². The van der Waals surface area contributed by atoms with Crippen LogP contribution in [0.4, 0.5) is 0 Å². The highest BCUT2D eigenvalue weighted by molar-refractivity contribution is 6.05. The monoisotopic (exact) mass is 1210 g/mol. The molecule has 8 bridgehead atoms. The van der Waals surface area contributed by atoms with Crippen molar-refractivity contribution >= 4 is 69.1 Å². The number of nitrogens with one attached hydrogen (secondary N) is 2. The zero-order valence-corrected chi connectivity index (χ0v) is 48.1. The van der Waals surface area contributed by atoms with Crippen molar-refractivity contribution in [3.63, 3.8) is 0 Å². The highest BCUT2D eigenvalue weighted by atomic mass is 16.6. The molecule has 6 aromatic rings. The number of fused-ring (bicyclic) bond motifs is 20. The lowest BCUT2D eigenvalue weighted by Crippen LogP contribution is -2.54. The summed E-state index contributed by atoms with van der Waals surface area (Å²) in [7, 11) is 0. The summed E-state index contributed by atoms with van der Waals surface area (Å²) in [6.07, 6.45) is -0.154. The number of hydrogen-bond donors (Lipinski definition) is 6. The summed E-state index contributed by atoms with van der Waals surface area (Å²) in [4.78, 5) is 134. The number of carbonyl (C=O) groups excluding carboxylic acids is 8. The first-order valence-electron chi connectivity index (χ1n) is 28.5. The Hall–Kier alpha value is -10.2. The number of benzene rings is 4. The van der Waals surface area contributed by atoms with Gasteiger partial charge in [-0.3, -0.25) is 38.4 Å². The number of aromatic nitrogens is 8. The number of esters is 4. The predicted molar refractivity (Wildman–Crippen MR) is 308 cm³/mol. The van der Waals surface area contributed by atoms with Crippen LogP contribution in [0.15, 0.2) is 72.8 Å². The fourth-order valence-electron chi connectivity index (χ4n) is 9.09. The zero-order valence-electron chi connectivity index (χ0n) is 48.1. The second-order valence-corrected chi connectivity index (χ2v) is 19.9. The number of carbonyl (C=O) groups is 8. The molecule has 0 radical (unpaired) electrons. The highest BCUT2D eigenvalue weighted by Gasteiger charge is 2.27. The minimum atomic E-state index is -0.544. The van der Waals surface area contributed by atoms with E-state index in [0.29, 0.717) is 84.3 Å². The van der Waals surface area contributed by atoms with Crippen molar-refractivity contribution in [2.45, 2.75) is 51.4 Å². The largest absolute Gasteiger partial charge is 0.490 e. The maximum atomic E-state index is 12.4. The fraction of sp³-hybridized carbons (Fsp3) is 0.333.